The lowest BCUT2D eigenvalue weighted by Gasteiger charge is -2.45. The molecule has 0 spiro atoms. The van der Waals surface area contributed by atoms with Crippen LogP contribution >= 0.6 is 0 Å². The van der Waals surface area contributed by atoms with Gasteiger partial charge in [-0.1, -0.05) is 30.4 Å². The summed E-state index contributed by atoms with van der Waals surface area (Å²) in [5, 5.41) is 0. The lowest BCUT2D eigenvalue weighted by Crippen LogP contribution is -2.64. The summed E-state index contributed by atoms with van der Waals surface area (Å²) >= 11 is 0. The van der Waals surface area contributed by atoms with E-state index in [1.807, 2.05) is 58.0 Å². The van der Waals surface area contributed by atoms with E-state index in [9.17, 15) is 9.59 Å². The lowest BCUT2D eigenvalue weighted by atomic mass is 9.71. The molecule has 0 N–H and O–H groups in total. The van der Waals surface area contributed by atoms with Crippen molar-refractivity contribution in [2.45, 2.75) is 81.7 Å². The fourth-order valence-electron chi connectivity index (χ4n) is 6.57. The summed E-state index contributed by atoms with van der Waals surface area (Å²) in [7, 11) is 0. The average molecular weight is 469 g/mol. The molecule has 5 fully saturated rings. The summed E-state index contributed by atoms with van der Waals surface area (Å²) in [6.45, 7) is 7.32. The second-order valence-electron chi connectivity index (χ2n) is 10.7. The quantitative estimate of drug-likeness (QED) is 0.479. The number of anilines is 1. The molecular formula is C25H27NO8. The van der Waals surface area contributed by atoms with Crippen LogP contribution in [-0.4, -0.2) is 65.8 Å². The molecule has 1 aromatic carbocycles. The molecule has 2 bridgehead atoms. The number of amides is 2. The van der Waals surface area contributed by atoms with Crippen LogP contribution in [0.5, 0.6) is 0 Å². The van der Waals surface area contributed by atoms with Crippen molar-refractivity contribution in [3.05, 3.63) is 42.5 Å². The lowest BCUT2D eigenvalue weighted by molar-refractivity contribution is -0.269. The molecule has 1 aromatic rings. The molecule has 6 aliphatic heterocycles. The number of para-hydroxylation sites is 1. The number of fused-ring (bicyclic) bond motifs is 8. The van der Waals surface area contributed by atoms with Crippen molar-refractivity contribution < 1.29 is 38.0 Å². The van der Waals surface area contributed by atoms with Crippen LogP contribution in [-0.2, 0) is 38.0 Å². The highest BCUT2D eigenvalue weighted by Crippen LogP contribution is 2.58. The predicted molar refractivity (Wildman–Crippen MR) is 115 cm³/mol. The summed E-state index contributed by atoms with van der Waals surface area (Å²) in [5.74, 6) is -3.65. The van der Waals surface area contributed by atoms with E-state index in [0.29, 0.717) is 5.69 Å². The number of nitrogens with zero attached hydrogens (tertiary/aromatic N) is 1. The van der Waals surface area contributed by atoms with Gasteiger partial charge < -0.3 is 28.4 Å². The number of ether oxygens (including phenoxy) is 6. The fourth-order valence-corrected chi connectivity index (χ4v) is 6.57. The van der Waals surface area contributed by atoms with Crippen LogP contribution in [0.4, 0.5) is 5.69 Å². The van der Waals surface area contributed by atoms with Crippen LogP contribution in [0.25, 0.3) is 0 Å². The van der Waals surface area contributed by atoms with E-state index in [0.717, 1.165) is 0 Å². The fraction of sp³-hybridized carbons (Fsp3) is 0.600. The van der Waals surface area contributed by atoms with Crippen molar-refractivity contribution >= 4 is 17.5 Å². The first-order valence-electron chi connectivity index (χ1n) is 11.8. The topological polar surface area (TPSA) is 92.8 Å². The van der Waals surface area contributed by atoms with Crippen molar-refractivity contribution in [1.82, 2.24) is 0 Å². The Hall–Kier alpha value is -2.14. The minimum absolute atomic E-state index is 0.256. The highest BCUT2D eigenvalue weighted by molar-refractivity contribution is 6.23. The first-order chi connectivity index (χ1) is 16.1. The van der Waals surface area contributed by atoms with Gasteiger partial charge in [-0.3, -0.25) is 9.59 Å². The summed E-state index contributed by atoms with van der Waals surface area (Å²) in [6.07, 6.45) is 0.213. The maximum atomic E-state index is 13.8. The standard InChI is InChI=1S/C25H27NO8/c1-23(2)31-16-17(32-23)19(29-22-18(16)33-24(3,4)34-22)25-11-10-13(30-25)14-15(25)21(28)26(20(14)27)12-8-6-5-7-9-12/h5-11,13-19,22H,1-4H3/t13-,14+,15-,16+,17-,18-,19+,22-,25+/m1/s1. The maximum Gasteiger partial charge on any atom is 0.241 e. The van der Waals surface area contributed by atoms with E-state index in [1.54, 1.807) is 12.1 Å². The van der Waals surface area contributed by atoms with E-state index >= 15 is 0 Å². The van der Waals surface area contributed by atoms with E-state index in [-0.39, 0.29) is 11.8 Å². The van der Waals surface area contributed by atoms with Crippen molar-refractivity contribution in [2.75, 3.05) is 4.90 Å². The molecule has 180 valence electrons. The molecular weight excluding hydrogens is 442 g/mol. The molecule has 0 saturated carbocycles. The van der Waals surface area contributed by atoms with Crippen molar-refractivity contribution in [1.29, 1.82) is 0 Å². The number of carbonyl (C=O) groups is 2. The first kappa shape index (κ1) is 21.2. The predicted octanol–water partition coefficient (Wildman–Crippen LogP) is 1.90. The van der Waals surface area contributed by atoms with E-state index < -0.39 is 65.8 Å². The minimum Gasteiger partial charge on any atom is -0.359 e. The summed E-state index contributed by atoms with van der Waals surface area (Å²) < 4.78 is 37.6. The third-order valence-corrected chi connectivity index (χ3v) is 7.69. The van der Waals surface area contributed by atoms with Gasteiger partial charge in [0, 0.05) is 0 Å². The average Bonchev–Trinajstić information content (AvgIpc) is 3.54. The first-order valence-corrected chi connectivity index (χ1v) is 11.8. The maximum absolute atomic E-state index is 13.8. The smallest absolute Gasteiger partial charge is 0.241 e. The Kier molecular flexibility index (Phi) is 4.07. The van der Waals surface area contributed by atoms with Crippen LogP contribution in [0.1, 0.15) is 27.7 Å². The molecule has 0 unspecified atom stereocenters. The van der Waals surface area contributed by atoms with Gasteiger partial charge in [-0.15, -0.1) is 0 Å². The normalized spacial score (nSPS) is 47.2. The third-order valence-electron chi connectivity index (χ3n) is 7.69. The molecule has 7 rings (SSSR count). The summed E-state index contributed by atoms with van der Waals surface area (Å²) in [4.78, 5) is 28.5. The number of carbonyl (C=O) groups excluding carboxylic acids is 2. The highest BCUT2D eigenvalue weighted by Gasteiger charge is 2.75. The molecule has 5 saturated heterocycles. The van der Waals surface area contributed by atoms with Gasteiger partial charge in [0.15, 0.2) is 17.9 Å². The van der Waals surface area contributed by atoms with Gasteiger partial charge in [0.25, 0.3) is 0 Å². The van der Waals surface area contributed by atoms with Gasteiger partial charge in [0.2, 0.25) is 11.8 Å². The van der Waals surface area contributed by atoms with E-state index in [4.69, 9.17) is 28.4 Å². The van der Waals surface area contributed by atoms with Crippen LogP contribution in [0.2, 0.25) is 0 Å². The van der Waals surface area contributed by atoms with Crippen LogP contribution < -0.4 is 4.90 Å². The minimum atomic E-state index is -1.18. The van der Waals surface area contributed by atoms with Crippen molar-refractivity contribution in [3.8, 4) is 0 Å². The monoisotopic (exact) mass is 469 g/mol. The van der Waals surface area contributed by atoms with Gasteiger partial charge in [0.05, 0.1) is 23.6 Å². The molecule has 6 aliphatic rings. The van der Waals surface area contributed by atoms with Crippen LogP contribution in [0.15, 0.2) is 42.5 Å². The van der Waals surface area contributed by atoms with Gasteiger partial charge in [0.1, 0.15) is 30.0 Å². The van der Waals surface area contributed by atoms with Gasteiger partial charge in [-0.25, -0.2) is 4.90 Å². The summed E-state index contributed by atoms with van der Waals surface area (Å²) in [6, 6.07) is 8.99. The van der Waals surface area contributed by atoms with Crippen LogP contribution in [0, 0.1) is 11.8 Å². The zero-order valence-corrected chi connectivity index (χ0v) is 19.4. The van der Waals surface area contributed by atoms with E-state index in [2.05, 4.69) is 0 Å². The highest BCUT2D eigenvalue weighted by atomic mass is 16.9. The molecule has 2 amide bonds. The molecule has 0 radical (unpaired) electrons. The van der Waals surface area contributed by atoms with E-state index in [1.165, 1.54) is 4.90 Å². The number of benzene rings is 1. The Bertz CT molecular complexity index is 1100. The zero-order chi connectivity index (χ0) is 23.6. The van der Waals surface area contributed by atoms with Gasteiger partial charge in [-0.05, 0) is 39.8 Å². The number of hydrogen-bond donors (Lipinski definition) is 0. The van der Waals surface area contributed by atoms with Crippen molar-refractivity contribution in [3.63, 3.8) is 0 Å². The largest absolute Gasteiger partial charge is 0.359 e. The van der Waals surface area contributed by atoms with Gasteiger partial charge in [-0.2, -0.15) is 0 Å². The second-order valence-corrected chi connectivity index (χ2v) is 10.7. The number of imide groups is 1. The number of hydrogen-bond acceptors (Lipinski definition) is 8. The molecule has 9 nitrogen and oxygen atoms in total. The van der Waals surface area contributed by atoms with Crippen LogP contribution in [0.3, 0.4) is 0 Å². The zero-order valence-electron chi connectivity index (χ0n) is 19.4. The molecule has 34 heavy (non-hydrogen) atoms. The summed E-state index contributed by atoms with van der Waals surface area (Å²) in [5.41, 5.74) is -0.626. The Labute approximate surface area is 196 Å². The molecule has 9 heteroatoms. The molecule has 0 aliphatic carbocycles. The third kappa shape index (κ3) is 2.65. The molecule has 9 atom stereocenters. The van der Waals surface area contributed by atoms with Crippen molar-refractivity contribution in [2.24, 2.45) is 11.8 Å². The second kappa shape index (κ2) is 6.54. The molecule has 6 heterocycles. The Balaban J connectivity index is 1.30. The Morgan fingerprint density at radius 2 is 1.47 bits per heavy atom. The van der Waals surface area contributed by atoms with Gasteiger partial charge >= 0.3 is 0 Å². The Morgan fingerprint density at radius 3 is 2.24 bits per heavy atom. The molecule has 0 aromatic heterocycles. The SMILES string of the molecule is CC1(C)O[C@H]2[C@@H](O1)[C@@H]([C@@]13C=C[C@@H](O1)[C@@H]1C(=O)N(c4ccccc4)C(=O)[C@@H]13)O[C@@H]1OC(C)(C)O[C@@H]12. The number of rotatable bonds is 2. The Morgan fingerprint density at radius 1 is 0.794 bits per heavy atom.